The largest absolute Gasteiger partial charge is 0.421 e. The van der Waals surface area contributed by atoms with E-state index in [1.54, 1.807) is 18.2 Å². The Kier molecular flexibility index (Phi) is 4.54. The van der Waals surface area contributed by atoms with E-state index >= 15 is 0 Å². The molecule has 0 aliphatic rings. The van der Waals surface area contributed by atoms with Gasteiger partial charge in [0.15, 0.2) is 15.4 Å². The van der Waals surface area contributed by atoms with Crippen molar-refractivity contribution in [2.24, 2.45) is 0 Å². The maximum Gasteiger partial charge on any atom is 0.421 e. The van der Waals surface area contributed by atoms with Gasteiger partial charge in [-0.25, -0.2) is 8.42 Å². The number of hydrogen-bond acceptors (Lipinski definition) is 3. The molecule has 0 saturated carbocycles. The average molecular weight is 344 g/mol. The Morgan fingerprint density at radius 3 is 1.96 bits per heavy atom. The molecule has 0 amide bonds. The van der Waals surface area contributed by atoms with Gasteiger partial charge in [0.2, 0.25) is 0 Å². The van der Waals surface area contributed by atoms with Crippen LogP contribution < -0.4 is 0 Å². The Labute approximate surface area is 132 Å². The van der Waals surface area contributed by atoms with Gasteiger partial charge in [-0.3, -0.25) is 0 Å². The van der Waals surface area contributed by atoms with Crippen LogP contribution >= 0.6 is 0 Å². The van der Waals surface area contributed by atoms with Gasteiger partial charge >= 0.3 is 6.18 Å². The van der Waals surface area contributed by atoms with Crippen molar-refractivity contribution in [1.82, 2.24) is 0 Å². The average Bonchev–Trinajstić information content (AvgIpc) is 2.47. The molecule has 23 heavy (non-hydrogen) atoms. The molecule has 124 valence electrons. The molecule has 3 nitrogen and oxygen atoms in total. The molecule has 1 unspecified atom stereocenters. The van der Waals surface area contributed by atoms with Crippen molar-refractivity contribution in [1.29, 1.82) is 0 Å². The lowest BCUT2D eigenvalue weighted by atomic mass is 9.95. The molecule has 0 radical (unpaired) electrons. The summed E-state index contributed by atoms with van der Waals surface area (Å²) in [7, 11) is -3.57. The van der Waals surface area contributed by atoms with Crippen molar-refractivity contribution in [2.45, 2.75) is 29.3 Å². The minimum absolute atomic E-state index is 0.145. The highest BCUT2D eigenvalue weighted by molar-refractivity contribution is 7.90. The number of benzene rings is 2. The second-order valence-corrected chi connectivity index (χ2v) is 7.33. The first-order valence-electron chi connectivity index (χ1n) is 6.70. The van der Waals surface area contributed by atoms with Gasteiger partial charge in [-0.15, -0.1) is 0 Å². The number of sulfone groups is 1. The molecule has 7 heteroatoms. The van der Waals surface area contributed by atoms with Gasteiger partial charge in [-0.2, -0.15) is 13.2 Å². The summed E-state index contributed by atoms with van der Waals surface area (Å²) in [6.07, 6.45) is -4.81. The predicted octanol–water partition coefficient (Wildman–Crippen LogP) is 3.43. The lowest BCUT2D eigenvalue weighted by Crippen LogP contribution is -2.39. The third-order valence-electron chi connectivity index (χ3n) is 3.53. The minimum Gasteiger partial charge on any atom is -0.376 e. The Morgan fingerprint density at radius 2 is 1.48 bits per heavy atom. The van der Waals surface area contributed by atoms with E-state index in [4.69, 9.17) is 0 Å². The Balaban J connectivity index is 2.25. The standard InChI is InChI=1S/C16H15F3O3S/c1-15(20,16(17,18)19)13-9-7-12(8-10-13)11-23(21,22)14-5-3-2-4-6-14/h2-10,20H,11H2,1H3. The monoisotopic (exact) mass is 344 g/mol. The summed E-state index contributed by atoms with van der Waals surface area (Å²) in [5, 5.41) is 9.58. The molecule has 2 aromatic rings. The lowest BCUT2D eigenvalue weighted by Gasteiger charge is -2.26. The summed E-state index contributed by atoms with van der Waals surface area (Å²) >= 11 is 0. The summed E-state index contributed by atoms with van der Waals surface area (Å²) < 4.78 is 62.7. The van der Waals surface area contributed by atoms with Crippen molar-refractivity contribution < 1.29 is 26.7 Å². The highest BCUT2D eigenvalue weighted by Crippen LogP contribution is 2.38. The van der Waals surface area contributed by atoms with Crippen LogP contribution in [0.4, 0.5) is 13.2 Å². The van der Waals surface area contributed by atoms with Gasteiger partial charge in [0.1, 0.15) is 0 Å². The van der Waals surface area contributed by atoms with Crippen LogP contribution in [0.25, 0.3) is 0 Å². The maximum atomic E-state index is 12.8. The molecule has 0 fully saturated rings. The zero-order valence-electron chi connectivity index (χ0n) is 12.2. The topological polar surface area (TPSA) is 54.4 Å². The molecule has 0 spiro atoms. The SMILES string of the molecule is CC(O)(c1ccc(CS(=O)(=O)c2ccccc2)cc1)C(F)(F)F. The molecule has 0 aliphatic carbocycles. The second kappa shape index (κ2) is 5.98. The van der Waals surface area contributed by atoms with Crippen LogP contribution in [0.3, 0.4) is 0 Å². The van der Waals surface area contributed by atoms with Gasteiger partial charge in [0.25, 0.3) is 0 Å². The van der Waals surface area contributed by atoms with E-state index in [1.165, 1.54) is 24.3 Å². The molecule has 0 heterocycles. The van der Waals surface area contributed by atoms with E-state index in [0.717, 1.165) is 12.1 Å². The number of halogens is 3. The van der Waals surface area contributed by atoms with Gasteiger partial charge in [0.05, 0.1) is 10.6 Å². The number of rotatable bonds is 4. The van der Waals surface area contributed by atoms with E-state index < -0.39 is 21.6 Å². The van der Waals surface area contributed by atoms with Crippen LogP contribution in [0.5, 0.6) is 0 Å². The molecule has 2 rings (SSSR count). The van der Waals surface area contributed by atoms with E-state index in [9.17, 15) is 26.7 Å². The Hall–Kier alpha value is -1.86. The highest BCUT2D eigenvalue weighted by Gasteiger charge is 2.51. The summed E-state index contributed by atoms with van der Waals surface area (Å²) in [6, 6.07) is 12.5. The molecule has 0 bridgehead atoms. The third-order valence-corrected chi connectivity index (χ3v) is 5.23. The van der Waals surface area contributed by atoms with Crippen molar-refractivity contribution in [2.75, 3.05) is 0 Å². The van der Waals surface area contributed by atoms with Crippen LogP contribution in [0, 0.1) is 0 Å². The highest BCUT2D eigenvalue weighted by atomic mass is 32.2. The summed E-state index contributed by atoms with van der Waals surface area (Å²) in [6.45, 7) is 0.655. The van der Waals surface area contributed by atoms with E-state index in [-0.39, 0.29) is 16.2 Å². The number of aliphatic hydroxyl groups is 1. The predicted molar refractivity (Wildman–Crippen MR) is 79.4 cm³/mol. The number of alkyl halides is 3. The van der Waals surface area contributed by atoms with Gasteiger partial charge in [-0.1, -0.05) is 42.5 Å². The van der Waals surface area contributed by atoms with Crippen molar-refractivity contribution in [3.8, 4) is 0 Å². The van der Waals surface area contributed by atoms with Crippen LogP contribution in [0.2, 0.25) is 0 Å². The maximum absolute atomic E-state index is 12.8. The van der Waals surface area contributed by atoms with Crippen molar-refractivity contribution >= 4 is 9.84 Å². The van der Waals surface area contributed by atoms with E-state index in [0.29, 0.717) is 12.5 Å². The molecule has 1 N–H and O–H groups in total. The molecular formula is C16H15F3O3S. The summed E-state index contributed by atoms with van der Waals surface area (Å²) in [5.74, 6) is -0.328. The van der Waals surface area contributed by atoms with Crippen molar-refractivity contribution in [3.05, 3.63) is 65.7 Å². The van der Waals surface area contributed by atoms with E-state index in [2.05, 4.69) is 0 Å². The lowest BCUT2D eigenvalue weighted by molar-refractivity contribution is -0.258. The molecule has 0 saturated heterocycles. The normalized spacial score (nSPS) is 15.2. The van der Waals surface area contributed by atoms with Gasteiger partial charge in [0, 0.05) is 0 Å². The summed E-state index contributed by atoms with van der Waals surface area (Å²) in [4.78, 5) is 0.145. The quantitative estimate of drug-likeness (QED) is 0.924. The zero-order chi connectivity index (χ0) is 17.3. The first kappa shape index (κ1) is 17.5. The van der Waals surface area contributed by atoms with Crippen LogP contribution in [0.1, 0.15) is 18.1 Å². The third kappa shape index (κ3) is 3.73. The van der Waals surface area contributed by atoms with Crippen LogP contribution in [-0.2, 0) is 21.2 Å². The second-order valence-electron chi connectivity index (χ2n) is 5.34. The summed E-state index contributed by atoms with van der Waals surface area (Å²) in [5.41, 5.74) is -2.98. The van der Waals surface area contributed by atoms with Gasteiger partial charge < -0.3 is 5.11 Å². The molecule has 2 aromatic carbocycles. The fraction of sp³-hybridized carbons (Fsp3) is 0.250. The molecular weight excluding hydrogens is 329 g/mol. The van der Waals surface area contributed by atoms with Crippen LogP contribution in [-0.4, -0.2) is 19.7 Å². The van der Waals surface area contributed by atoms with Crippen molar-refractivity contribution in [3.63, 3.8) is 0 Å². The smallest absolute Gasteiger partial charge is 0.376 e. The fourth-order valence-electron chi connectivity index (χ4n) is 2.02. The first-order valence-corrected chi connectivity index (χ1v) is 8.35. The first-order chi connectivity index (χ1) is 10.5. The molecule has 0 aromatic heterocycles. The fourth-order valence-corrected chi connectivity index (χ4v) is 3.39. The molecule has 0 aliphatic heterocycles. The van der Waals surface area contributed by atoms with Crippen LogP contribution in [0.15, 0.2) is 59.5 Å². The number of hydrogen-bond donors (Lipinski definition) is 1. The molecule has 1 atom stereocenters. The van der Waals surface area contributed by atoms with Gasteiger partial charge in [-0.05, 0) is 30.2 Å². The Morgan fingerprint density at radius 1 is 0.957 bits per heavy atom. The zero-order valence-corrected chi connectivity index (χ0v) is 13.0. The Bertz CT molecular complexity index is 764. The minimum atomic E-state index is -4.81. The van der Waals surface area contributed by atoms with E-state index in [1.807, 2.05) is 0 Å².